The van der Waals surface area contributed by atoms with Crippen LogP contribution in [0.3, 0.4) is 0 Å². The molecule has 0 saturated heterocycles. The maximum atomic E-state index is 11.3. The minimum absolute atomic E-state index is 0.0122. The highest BCUT2D eigenvalue weighted by Gasteiger charge is 2.54. The van der Waals surface area contributed by atoms with E-state index in [1.54, 1.807) is 6.92 Å². The van der Waals surface area contributed by atoms with Gasteiger partial charge in [-0.25, -0.2) is 0 Å². The van der Waals surface area contributed by atoms with Crippen molar-refractivity contribution in [1.29, 1.82) is 0 Å². The second-order valence-electron chi connectivity index (χ2n) is 5.73. The fourth-order valence-electron chi connectivity index (χ4n) is 3.40. The Morgan fingerprint density at radius 2 is 1.04 bits per heavy atom. The van der Waals surface area contributed by atoms with E-state index >= 15 is 0 Å². The highest BCUT2D eigenvalue weighted by Crippen LogP contribution is 2.54. The summed E-state index contributed by atoms with van der Waals surface area (Å²) in [5.41, 5.74) is 2.43. The Kier molecular flexibility index (Phi) is 7.67. The molecule has 0 aliphatic heterocycles. The summed E-state index contributed by atoms with van der Waals surface area (Å²) >= 11 is 0. The van der Waals surface area contributed by atoms with E-state index in [-0.39, 0.29) is 19.4 Å². The van der Waals surface area contributed by atoms with E-state index in [0.717, 1.165) is 0 Å². The fourth-order valence-corrected chi connectivity index (χ4v) is 3.40. The second kappa shape index (κ2) is 8.47. The zero-order chi connectivity index (χ0) is 18.3. The van der Waals surface area contributed by atoms with Gasteiger partial charge < -0.3 is 26.2 Å². The molecule has 0 fully saturated rings. The van der Waals surface area contributed by atoms with Crippen molar-refractivity contribution >= 4 is 23.9 Å². The molecule has 6 N–H and O–H groups in total. The highest BCUT2D eigenvalue weighted by molar-refractivity contribution is 5.77. The molecule has 0 radical (unpaired) electrons. The lowest BCUT2D eigenvalue weighted by atomic mass is 9.54. The lowest BCUT2D eigenvalue weighted by molar-refractivity contribution is -0.162. The monoisotopic (exact) mass is 333 g/mol. The quantitative estimate of drug-likeness (QED) is 0.342. The van der Waals surface area contributed by atoms with Crippen molar-refractivity contribution in [1.82, 2.24) is 0 Å². The topological polar surface area (TPSA) is 175 Å². The van der Waals surface area contributed by atoms with Crippen LogP contribution in [-0.4, -0.2) is 50.8 Å². The summed E-state index contributed by atoms with van der Waals surface area (Å²) in [6.45, 7) is 1.57. The molecule has 0 aliphatic carbocycles. The Morgan fingerprint density at radius 1 is 0.739 bits per heavy atom. The number of hydrogen-bond acceptors (Lipinski definition) is 5. The molecule has 0 aromatic heterocycles. The summed E-state index contributed by atoms with van der Waals surface area (Å²) in [6.07, 6.45) is -2.70. The summed E-state index contributed by atoms with van der Waals surface area (Å²) in [4.78, 5) is 45.1. The maximum absolute atomic E-state index is 11.3. The van der Waals surface area contributed by atoms with Gasteiger partial charge in [-0.05, 0) is 24.8 Å². The second-order valence-corrected chi connectivity index (χ2v) is 5.73. The first-order chi connectivity index (χ1) is 10.5. The van der Waals surface area contributed by atoms with Gasteiger partial charge in [-0.2, -0.15) is 0 Å². The van der Waals surface area contributed by atoms with Crippen LogP contribution in [0.25, 0.3) is 0 Å². The summed E-state index contributed by atoms with van der Waals surface area (Å²) < 4.78 is 0. The molecule has 23 heavy (non-hydrogen) atoms. The Labute approximate surface area is 133 Å². The average Bonchev–Trinajstić information content (AvgIpc) is 2.34. The Bertz CT molecular complexity index is 435. The zero-order valence-corrected chi connectivity index (χ0v) is 12.9. The van der Waals surface area contributed by atoms with Gasteiger partial charge in [-0.3, -0.25) is 19.2 Å². The number of hydrogen-bond donors (Lipinski definition) is 5. The Morgan fingerprint density at radius 3 is 1.26 bits per heavy atom. The van der Waals surface area contributed by atoms with Gasteiger partial charge >= 0.3 is 23.9 Å². The van der Waals surface area contributed by atoms with Crippen LogP contribution in [0.15, 0.2) is 0 Å². The molecule has 0 aromatic rings. The van der Waals surface area contributed by atoms with Crippen LogP contribution < -0.4 is 5.73 Å². The Balaban J connectivity index is 6.31. The Hall–Kier alpha value is -2.16. The van der Waals surface area contributed by atoms with Crippen LogP contribution >= 0.6 is 0 Å². The molecule has 0 aliphatic rings. The molecule has 0 heterocycles. The van der Waals surface area contributed by atoms with Crippen molar-refractivity contribution in [2.75, 3.05) is 6.54 Å². The van der Waals surface area contributed by atoms with Crippen LogP contribution in [0.1, 0.15) is 45.4 Å². The van der Waals surface area contributed by atoms with Gasteiger partial charge in [0.1, 0.15) is 0 Å². The van der Waals surface area contributed by atoms with E-state index in [9.17, 15) is 39.6 Å². The van der Waals surface area contributed by atoms with E-state index in [1.165, 1.54) is 0 Å². The molecule has 0 rings (SSSR count). The normalized spacial score (nSPS) is 14.0. The van der Waals surface area contributed by atoms with Gasteiger partial charge in [0.05, 0.1) is 25.7 Å². The third-order valence-electron chi connectivity index (χ3n) is 4.38. The van der Waals surface area contributed by atoms with Crippen molar-refractivity contribution in [2.45, 2.75) is 45.4 Å². The summed E-state index contributed by atoms with van der Waals surface area (Å²) in [7, 11) is 0. The van der Waals surface area contributed by atoms with E-state index in [2.05, 4.69) is 0 Å². The van der Waals surface area contributed by atoms with Crippen molar-refractivity contribution in [3.05, 3.63) is 0 Å². The first-order valence-corrected chi connectivity index (χ1v) is 7.11. The van der Waals surface area contributed by atoms with E-state index in [1.807, 2.05) is 0 Å². The molecule has 0 spiro atoms. The summed E-state index contributed by atoms with van der Waals surface area (Å²) in [6, 6.07) is 0. The van der Waals surface area contributed by atoms with Gasteiger partial charge in [-0.1, -0.05) is 6.92 Å². The van der Waals surface area contributed by atoms with Crippen molar-refractivity contribution in [2.24, 2.45) is 16.6 Å². The molecule has 0 amide bonds. The average molecular weight is 333 g/mol. The highest BCUT2D eigenvalue weighted by atomic mass is 16.4. The molecule has 1 atom stereocenters. The molecule has 9 heteroatoms. The fraction of sp³-hybridized carbons (Fsp3) is 0.714. The predicted molar refractivity (Wildman–Crippen MR) is 77.8 cm³/mol. The van der Waals surface area contributed by atoms with E-state index in [0.29, 0.717) is 0 Å². The van der Waals surface area contributed by atoms with Crippen LogP contribution in [0.4, 0.5) is 0 Å². The summed E-state index contributed by atoms with van der Waals surface area (Å²) in [5.74, 6) is -5.40. The molecular formula is C14H23NO8. The molecule has 9 nitrogen and oxygen atoms in total. The zero-order valence-electron chi connectivity index (χ0n) is 12.9. The molecule has 0 aromatic carbocycles. The number of nitrogens with two attached hydrogens (primary N) is 1. The van der Waals surface area contributed by atoms with Gasteiger partial charge in [0.2, 0.25) is 0 Å². The summed E-state index contributed by atoms with van der Waals surface area (Å²) in [5, 5.41) is 36.7. The molecular weight excluding hydrogens is 310 g/mol. The maximum Gasteiger partial charge on any atom is 0.303 e. The first-order valence-electron chi connectivity index (χ1n) is 7.11. The lowest BCUT2D eigenvalue weighted by Crippen LogP contribution is -2.48. The number of carboxylic acids is 4. The van der Waals surface area contributed by atoms with Gasteiger partial charge in [-0.15, -0.1) is 0 Å². The van der Waals surface area contributed by atoms with Crippen molar-refractivity contribution < 1.29 is 39.6 Å². The standard InChI is InChI=1S/C14H23NO8/c1-2-13(3-4-15,5-9(16)17)14(6-10(18)19,7-11(20)21)8-12(22)23/h2-8,15H2,1H3,(H,16,17)(H,18,19)(H,20,21)(H,22,23). The third-order valence-corrected chi connectivity index (χ3v) is 4.38. The van der Waals surface area contributed by atoms with Crippen LogP contribution in [0, 0.1) is 10.8 Å². The van der Waals surface area contributed by atoms with E-state index < -0.39 is 60.4 Å². The largest absolute Gasteiger partial charge is 0.481 e. The van der Waals surface area contributed by atoms with E-state index in [4.69, 9.17) is 5.73 Å². The van der Waals surface area contributed by atoms with Gasteiger partial charge in [0, 0.05) is 5.41 Å². The van der Waals surface area contributed by atoms with Crippen LogP contribution in [-0.2, 0) is 19.2 Å². The van der Waals surface area contributed by atoms with Crippen molar-refractivity contribution in [3.63, 3.8) is 0 Å². The molecule has 0 bridgehead atoms. The smallest absolute Gasteiger partial charge is 0.303 e. The predicted octanol–water partition coefficient (Wildman–Crippen LogP) is 0.617. The van der Waals surface area contributed by atoms with Crippen LogP contribution in [0.2, 0.25) is 0 Å². The molecule has 1 unspecified atom stereocenters. The van der Waals surface area contributed by atoms with Gasteiger partial charge in [0.25, 0.3) is 0 Å². The number of carboxylic acid groups (broad SMARTS) is 4. The van der Waals surface area contributed by atoms with Crippen LogP contribution in [0.5, 0.6) is 0 Å². The van der Waals surface area contributed by atoms with Crippen molar-refractivity contribution in [3.8, 4) is 0 Å². The minimum Gasteiger partial charge on any atom is -0.481 e. The first kappa shape index (κ1) is 20.8. The number of rotatable bonds is 12. The molecule has 132 valence electrons. The number of carbonyl (C=O) groups is 4. The third kappa shape index (κ3) is 5.51. The molecule has 0 saturated carbocycles. The number of aliphatic carboxylic acids is 4. The SMILES string of the molecule is CCC(CCN)(CC(=O)O)C(CC(=O)O)(CC(=O)O)CC(=O)O. The lowest BCUT2D eigenvalue weighted by Gasteiger charge is -2.48. The minimum atomic E-state index is -1.75. The van der Waals surface area contributed by atoms with Gasteiger partial charge in [0.15, 0.2) is 0 Å².